The SMILES string of the molecule is CCc1c(S(C)=O)c(C#N)nn1-c1c(Cl)cc(C(F)(F)F)cc1Cl. The van der Waals surface area contributed by atoms with Crippen LogP contribution in [0.15, 0.2) is 17.0 Å². The largest absolute Gasteiger partial charge is 0.416 e. The zero-order valence-corrected chi connectivity index (χ0v) is 14.7. The average Bonchev–Trinajstić information content (AvgIpc) is 2.84. The first kappa shape index (κ1) is 18.8. The van der Waals surface area contributed by atoms with Gasteiger partial charge in [-0.1, -0.05) is 30.1 Å². The summed E-state index contributed by atoms with van der Waals surface area (Å²) in [4.78, 5) is 0.215. The maximum atomic E-state index is 12.8. The van der Waals surface area contributed by atoms with Gasteiger partial charge in [0, 0.05) is 6.26 Å². The van der Waals surface area contributed by atoms with E-state index in [0.29, 0.717) is 12.1 Å². The smallest absolute Gasteiger partial charge is 0.254 e. The topological polar surface area (TPSA) is 58.7 Å². The summed E-state index contributed by atoms with van der Waals surface area (Å²) in [7, 11) is -1.51. The van der Waals surface area contributed by atoms with Crippen LogP contribution in [-0.2, 0) is 23.4 Å². The van der Waals surface area contributed by atoms with Gasteiger partial charge in [-0.05, 0) is 18.6 Å². The molecule has 1 aromatic carbocycles. The molecule has 2 rings (SSSR count). The molecule has 10 heteroatoms. The highest BCUT2D eigenvalue weighted by molar-refractivity contribution is 7.84. The summed E-state index contributed by atoms with van der Waals surface area (Å²) >= 11 is 12.0. The zero-order valence-electron chi connectivity index (χ0n) is 12.4. The summed E-state index contributed by atoms with van der Waals surface area (Å²) in [6.45, 7) is 1.73. The summed E-state index contributed by atoms with van der Waals surface area (Å²) in [6.07, 6.45) is -2.88. The van der Waals surface area contributed by atoms with Crippen molar-refractivity contribution in [2.24, 2.45) is 0 Å². The van der Waals surface area contributed by atoms with Gasteiger partial charge >= 0.3 is 6.18 Å². The minimum atomic E-state index is -4.60. The lowest BCUT2D eigenvalue weighted by molar-refractivity contribution is -0.137. The number of aromatic nitrogens is 2. The highest BCUT2D eigenvalue weighted by Gasteiger charge is 2.33. The first-order valence-electron chi connectivity index (χ1n) is 6.53. The minimum Gasteiger partial charge on any atom is -0.254 e. The standard InChI is InChI=1S/C14H10Cl2F3N3OS/c1-3-11-13(24(2)23)10(6-20)21-22(11)12-8(15)4-7(5-9(12)16)14(17,18)19/h4-5H,3H2,1-2H3. The van der Waals surface area contributed by atoms with Gasteiger partial charge in [-0.25, -0.2) is 4.68 Å². The maximum absolute atomic E-state index is 12.8. The molecule has 0 radical (unpaired) electrons. The molecule has 0 aliphatic carbocycles. The molecule has 1 heterocycles. The van der Waals surface area contributed by atoms with Crippen LogP contribution in [-0.4, -0.2) is 20.2 Å². The quantitative estimate of drug-likeness (QED) is 0.774. The second-order valence-corrected chi connectivity index (χ2v) is 6.87. The van der Waals surface area contributed by atoms with Gasteiger partial charge in [-0.3, -0.25) is 4.21 Å². The Morgan fingerprint density at radius 3 is 2.25 bits per heavy atom. The molecule has 0 aliphatic rings. The van der Waals surface area contributed by atoms with Gasteiger partial charge in [0.1, 0.15) is 11.8 Å². The van der Waals surface area contributed by atoms with E-state index in [9.17, 15) is 17.4 Å². The molecule has 2 aromatic rings. The molecule has 24 heavy (non-hydrogen) atoms. The molecule has 1 aromatic heterocycles. The van der Waals surface area contributed by atoms with Gasteiger partial charge in [0.05, 0.1) is 37.0 Å². The molecule has 0 saturated carbocycles. The summed E-state index contributed by atoms with van der Waals surface area (Å²) < 4.78 is 51.6. The third-order valence-corrected chi connectivity index (χ3v) is 4.80. The van der Waals surface area contributed by atoms with E-state index in [1.54, 1.807) is 6.92 Å². The van der Waals surface area contributed by atoms with Gasteiger partial charge in [-0.2, -0.15) is 23.5 Å². The molecule has 128 valence electrons. The molecule has 0 N–H and O–H groups in total. The van der Waals surface area contributed by atoms with Crippen LogP contribution < -0.4 is 0 Å². The number of alkyl halides is 3. The van der Waals surface area contributed by atoms with E-state index >= 15 is 0 Å². The van der Waals surface area contributed by atoms with Crippen molar-refractivity contribution in [3.8, 4) is 11.8 Å². The fourth-order valence-electron chi connectivity index (χ4n) is 2.24. The Balaban J connectivity index is 2.79. The Hall–Kier alpha value is -1.56. The third-order valence-electron chi connectivity index (χ3n) is 3.22. The van der Waals surface area contributed by atoms with Gasteiger partial charge in [-0.15, -0.1) is 0 Å². The Kier molecular flexibility index (Phi) is 5.28. The second kappa shape index (κ2) is 6.75. The van der Waals surface area contributed by atoms with E-state index in [0.717, 1.165) is 12.1 Å². The highest BCUT2D eigenvalue weighted by Crippen LogP contribution is 2.38. The van der Waals surface area contributed by atoms with Crippen molar-refractivity contribution in [1.29, 1.82) is 5.26 Å². The van der Waals surface area contributed by atoms with Crippen molar-refractivity contribution in [2.45, 2.75) is 24.4 Å². The van der Waals surface area contributed by atoms with Gasteiger partial charge in [0.25, 0.3) is 0 Å². The fourth-order valence-corrected chi connectivity index (χ4v) is 3.81. The number of hydrogen-bond acceptors (Lipinski definition) is 3. The molecule has 0 spiro atoms. The summed E-state index contributed by atoms with van der Waals surface area (Å²) in [5.74, 6) is 0. The third kappa shape index (κ3) is 3.29. The Bertz CT molecular complexity index is 848. The van der Waals surface area contributed by atoms with Crippen molar-refractivity contribution in [3.05, 3.63) is 39.1 Å². The Morgan fingerprint density at radius 1 is 1.33 bits per heavy atom. The predicted molar refractivity (Wildman–Crippen MR) is 85.0 cm³/mol. The molecule has 0 aliphatic heterocycles. The normalized spacial score (nSPS) is 12.9. The summed E-state index contributed by atoms with van der Waals surface area (Å²) in [6, 6.07) is 3.29. The van der Waals surface area contributed by atoms with Crippen LogP contribution >= 0.6 is 23.2 Å². The van der Waals surface area contributed by atoms with E-state index in [-0.39, 0.29) is 26.3 Å². The molecule has 0 fully saturated rings. The van der Waals surface area contributed by atoms with Gasteiger partial charge in [0.2, 0.25) is 0 Å². The van der Waals surface area contributed by atoms with Crippen molar-refractivity contribution in [1.82, 2.24) is 9.78 Å². The van der Waals surface area contributed by atoms with E-state index in [4.69, 9.17) is 28.5 Å². The molecule has 1 unspecified atom stereocenters. The Morgan fingerprint density at radius 2 is 1.88 bits per heavy atom. The molecular weight excluding hydrogens is 386 g/mol. The van der Waals surface area contributed by atoms with E-state index in [1.807, 2.05) is 6.07 Å². The van der Waals surface area contributed by atoms with Crippen molar-refractivity contribution in [2.75, 3.05) is 6.26 Å². The van der Waals surface area contributed by atoms with Crippen LogP contribution in [0.3, 0.4) is 0 Å². The van der Waals surface area contributed by atoms with E-state index < -0.39 is 22.5 Å². The van der Waals surface area contributed by atoms with Gasteiger partial charge < -0.3 is 0 Å². The number of nitrogens with zero attached hydrogens (tertiary/aromatic N) is 3. The first-order chi connectivity index (χ1) is 11.1. The van der Waals surface area contributed by atoms with Crippen LogP contribution in [0.1, 0.15) is 23.9 Å². The average molecular weight is 396 g/mol. The monoisotopic (exact) mass is 395 g/mol. The van der Waals surface area contributed by atoms with Crippen LogP contribution in [0.5, 0.6) is 0 Å². The van der Waals surface area contributed by atoms with Crippen LogP contribution in [0.25, 0.3) is 5.69 Å². The molecule has 0 bridgehead atoms. The van der Waals surface area contributed by atoms with E-state index in [2.05, 4.69) is 5.10 Å². The van der Waals surface area contributed by atoms with Crippen LogP contribution in [0.2, 0.25) is 10.0 Å². The Labute approximate surface area is 148 Å². The molecule has 4 nitrogen and oxygen atoms in total. The summed E-state index contributed by atoms with van der Waals surface area (Å²) in [5.41, 5.74) is -0.668. The summed E-state index contributed by atoms with van der Waals surface area (Å²) in [5, 5.41) is 12.6. The minimum absolute atomic E-state index is 0.0105. The number of nitriles is 1. The fraction of sp³-hybridized carbons (Fsp3) is 0.286. The number of hydrogen-bond donors (Lipinski definition) is 0. The van der Waals surface area contributed by atoms with E-state index in [1.165, 1.54) is 10.9 Å². The first-order valence-corrected chi connectivity index (χ1v) is 8.85. The number of halogens is 5. The van der Waals surface area contributed by atoms with Crippen LogP contribution in [0, 0.1) is 11.3 Å². The van der Waals surface area contributed by atoms with Crippen LogP contribution in [0.4, 0.5) is 13.2 Å². The zero-order chi connectivity index (χ0) is 18.2. The van der Waals surface area contributed by atoms with Gasteiger partial charge in [0.15, 0.2) is 5.69 Å². The molecule has 0 amide bonds. The van der Waals surface area contributed by atoms with Crippen molar-refractivity contribution in [3.63, 3.8) is 0 Å². The lowest BCUT2D eigenvalue weighted by Crippen LogP contribution is -2.09. The maximum Gasteiger partial charge on any atom is 0.416 e. The lowest BCUT2D eigenvalue weighted by Gasteiger charge is -2.14. The van der Waals surface area contributed by atoms with Crippen molar-refractivity contribution < 1.29 is 17.4 Å². The lowest BCUT2D eigenvalue weighted by atomic mass is 10.2. The highest BCUT2D eigenvalue weighted by atomic mass is 35.5. The van der Waals surface area contributed by atoms with Crippen molar-refractivity contribution >= 4 is 34.0 Å². The molecule has 0 saturated heterocycles. The number of rotatable bonds is 3. The molecule has 1 atom stereocenters. The predicted octanol–water partition coefficient (Wildman–Crippen LogP) is 4.37. The second-order valence-electron chi connectivity index (χ2n) is 4.74. The molecular formula is C14H10Cl2F3N3OS. The number of benzene rings is 1.